The van der Waals surface area contributed by atoms with Gasteiger partial charge in [-0.05, 0) is 59.4 Å². The highest BCUT2D eigenvalue weighted by atomic mass is 127. The Hall–Kier alpha value is -0.580. The number of hydrogen-bond acceptors (Lipinski definition) is 1. The lowest BCUT2D eigenvalue weighted by molar-refractivity contribution is 0.0948. The summed E-state index contributed by atoms with van der Waals surface area (Å²) in [7, 11) is 0. The topological polar surface area (TPSA) is 29.1 Å². The molecule has 20 heavy (non-hydrogen) atoms. The van der Waals surface area contributed by atoms with Gasteiger partial charge in [-0.1, -0.05) is 44.7 Å². The standard InChI is InChI=1S/C17H24INO/c1-12-6-8-14(9-7-12)10-11-19-17(20)15-5-3-4-13(2)16(15)18/h3-5,12,14H,6-11H2,1-2H3,(H,19,20). The van der Waals surface area contributed by atoms with E-state index in [1.165, 1.54) is 31.2 Å². The summed E-state index contributed by atoms with van der Waals surface area (Å²) in [5.74, 6) is 1.78. The minimum Gasteiger partial charge on any atom is -0.352 e. The molecule has 2 rings (SSSR count). The van der Waals surface area contributed by atoms with Gasteiger partial charge in [0, 0.05) is 10.1 Å². The van der Waals surface area contributed by atoms with Crippen LogP contribution in [0.5, 0.6) is 0 Å². The Morgan fingerprint density at radius 2 is 2.00 bits per heavy atom. The predicted octanol–water partition coefficient (Wildman–Crippen LogP) is 4.55. The molecule has 1 fully saturated rings. The second kappa shape index (κ2) is 7.43. The van der Waals surface area contributed by atoms with Crippen molar-refractivity contribution >= 4 is 28.5 Å². The van der Waals surface area contributed by atoms with E-state index in [1.54, 1.807) is 0 Å². The summed E-state index contributed by atoms with van der Waals surface area (Å²) in [6, 6.07) is 5.91. The van der Waals surface area contributed by atoms with Crippen LogP contribution in [0.4, 0.5) is 0 Å². The van der Waals surface area contributed by atoms with Crippen molar-refractivity contribution in [3.8, 4) is 0 Å². The molecule has 0 aromatic heterocycles. The number of hydrogen-bond donors (Lipinski definition) is 1. The normalized spacial score (nSPS) is 22.6. The maximum atomic E-state index is 12.2. The number of halogens is 1. The molecule has 1 aromatic rings. The maximum Gasteiger partial charge on any atom is 0.252 e. The lowest BCUT2D eigenvalue weighted by Gasteiger charge is -2.26. The Morgan fingerprint density at radius 1 is 1.30 bits per heavy atom. The van der Waals surface area contributed by atoms with E-state index in [-0.39, 0.29) is 5.91 Å². The summed E-state index contributed by atoms with van der Waals surface area (Å²) in [6.45, 7) is 5.20. The van der Waals surface area contributed by atoms with E-state index in [1.807, 2.05) is 25.1 Å². The Balaban J connectivity index is 1.79. The van der Waals surface area contributed by atoms with Crippen molar-refractivity contribution in [2.75, 3.05) is 6.54 Å². The lowest BCUT2D eigenvalue weighted by atomic mass is 9.81. The summed E-state index contributed by atoms with van der Waals surface area (Å²) >= 11 is 2.26. The van der Waals surface area contributed by atoms with Crippen LogP contribution in [0.15, 0.2) is 18.2 Å². The third-order valence-corrected chi connectivity index (χ3v) is 5.84. The molecule has 1 saturated carbocycles. The number of carbonyl (C=O) groups is 1. The van der Waals surface area contributed by atoms with Crippen LogP contribution in [0.25, 0.3) is 0 Å². The number of carbonyl (C=O) groups excluding carboxylic acids is 1. The summed E-state index contributed by atoms with van der Waals surface area (Å²) in [5, 5.41) is 3.08. The molecule has 0 heterocycles. The van der Waals surface area contributed by atoms with Crippen LogP contribution in [0.3, 0.4) is 0 Å². The molecule has 1 aliphatic carbocycles. The van der Waals surface area contributed by atoms with E-state index in [9.17, 15) is 4.79 Å². The largest absolute Gasteiger partial charge is 0.352 e. The molecule has 1 aliphatic rings. The molecular weight excluding hydrogens is 361 g/mol. The molecular formula is C17H24INO. The minimum absolute atomic E-state index is 0.0716. The molecule has 0 atom stereocenters. The van der Waals surface area contributed by atoms with Crippen LogP contribution in [0, 0.1) is 22.3 Å². The van der Waals surface area contributed by atoms with Crippen LogP contribution in [-0.2, 0) is 0 Å². The van der Waals surface area contributed by atoms with Gasteiger partial charge in [-0.2, -0.15) is 0 Å². The maximum absolute atomic E-state index is 12.2. The molecule has 0 saturated heterocycles. The van der Waals surface area contributed by atoms with Crippen LogP contribution in [0.2, 0.25) is 0 Å². The van der Waals surface area contributed by atoms with Gasteiger partial charge in [0.15, 0.2) is 0 Å². The third kappa shape index (κ3) is 4.21. The van der Waals surface area contributed by atoms with Gasteiger partial charge in [-0.25, -0.2) is 0 Å². The molecule has 1 aromatic carbocycles. The zero-order valence-electron chi connectivity index (χ0n) is 12.4. The van der Waals surface area contributed by atoms with Crippen LogP contribution in [0.1, 0.15) is 54.9 Å². The molecule has 1 amide bonds. The molecule has 0 bridgehead atoms. The van der Waals surface area contributed by atoms with Crippen LogP contribution < -0.4 is 5.32 Å². The minimum atomic E-state index is 0.0716. The first-order chi connectivity index (χ1) is 9.58. The van der Waals surface area contributed by atoms with Gasteiger partial charge in [0.1, 0.15) is 0 Å². The summed E-state index contributed by atoms with van der Waals surface area (Å²) in [5.41, 5.74) is 1.97. The van der Waals surface area contributed by atoms with Gasteiger partial charge >= 0.3 is 0 Å². The Morgan fingerprint density at radius 3 is 2.70 bits per heavy atom. The van der Waals surface area contributed by atoms with Gasteiger partial charge < -0.3 is 5.32 Å². The van der Waals surface area contributed by atoms with Crippen molar-refractivity contribution in [1.82, 2.24) is 5.32 Å². The van der Waals surface area contributed by atoms with Crippen LogP contribution >= 0.6 is 22.6 Å². The summed E-state index contributed by atoms with van der Waals surface area (Å²) in [6.07, 6.45) is 6.50. The van der Waals surface area contributed by atoms with Crippen molar-refractivity contribution in [3.63, 3.8) is 0 Å². The number of amides is 1. The number of rotatable bonds is 4. The van der Waals surface area contributed by atoms with Gasteiger partial charge in [-0.3, -0.25) is 4.79 Å². The van der Waals surface area contributed by atoms with E-state index < -0.39 is 0 Å². The fourth-order valence-corrected chi connectivity index (χ4v) is 3.53. The Kier molecular flexibility index (Phi) is 5.87. The fraction of sp³-hybridized carbons (Fsp3) is 0.588. The van der Waals surface area contributed by atoms with E-state index >= 15 is 0 Å². The fourth-order valence-electron chi connectivity index (χ4n) is 2.93. The molecule has 3 heteroatoms. The van der Waals surface area contributed by atoms with Gasteiger partial charge in [0.25, 0.3) is 5.91 Å². The van der Waals surface area contributed by atoms with Crippen LogP contribution in [-0.4, -0.2) is 12.5 Å². The van der Waals surface area contributed by atoms with Gasteiger partial charge in [0.2, 0.25) is 0 Å². The summed E-state index contributed by atoms with van der Waals surface area (Å²) < 4.78 is 1.06. The second-order valence-corrected chi connectivity index (χ2v) is 7.19. The van der Waals surface area contributed by atoms with E-state index in [2.05, 4.69) is 34.8 Å². The highest BCUT2D eigenvalue weighted by Crippen LogP contribution is 2.29. The zero-order chi connectivity index (χ0) is 14.5. The average Bonchev–Trinajstić information content (AvgIpc) is 2.44. The van der Waals surface area contributed by atoms with E-state index in [4.69, 9.17) is 0 Å². The average molecular weight is 385 g/mol. The summed E-state index contributed by atoms with van der Waals surface area (Å²) in [4.78, 5) is 12.2. The molecule has 0 unspecified atom stereocenters. The van der Waals surface area contributed by atoms with E-state index in [0.717, 1.165) is 33.9 Å². The first-order valence-corrected chi connectivity index (χ1v) is 8.69. The predicted molar refractivity (Wildman–Crippen MR) is 92.0 cm³/mol. The molecule has 0 radical (unpaired) electrons. The quantitative estimate of drug-likeness (QED) is 0.758. The monoisotopic (exact) mass is 385 g/mol. The third-order valence-electron chi connectivity index (χ3n) is 4.41. The second-order valence-electron chi connectivity index (χ2n) is 6.11. The Labute approximate surface area is 135 Å². The number of benzene rings is 1. The van der Waals surface area contributed by atoms with Crippen molar-refractivity contribution in [2.45, 2.75) is 46.0 Å². The lowest BCUT2D eigenvalue weighted by Crippen LogP contribution is -2.27. The molecule has 0 aliphatic heterocycles. The van der Waals surface area contributed by atoms with Crippen molar-refractivity contribution in [1.29, 1.82) is 0 Å². The molecule has 0 spiro atoms. The molecule has 1 N–H and O–H groups in total. The molecule has 2 nitrogen and oxygen atoms in total. The van der Waals surface area contributed by atoms with Gasteiger partial charge in [-0.15, -0.1) is 0 Å². The smallest absolute Gasteiger partial charge is 0.252 e. The van der Waals surface area contributed by atoms with E-state index in [0.29, 0.717) is 0 Å². The first kappa shape index (κ1) is 15.8. The highest BCUT2D eigenvalue weighted by Gasteiger charge is 2.18. The zero-order valence-corrected chi connectivity index (χ0v) is 14.6. The van der Waals surface area contributed by atoms with Crippen molar-refractivity contribution < 1.29 is 4.79 Å². The van der Waals surface area contributed by atoms with Crippen molar-refractivity contribution in [2.24, 2.45) is 11.8 Å². The first-order valence-electron chi connectivity index (χ1n) is 7.61. The Bertz CT molecular complexity index is 464. The highest BCUT2D eigenvalue weighted by molar-refractivity contribution is 14.1. The van der Waals surface area contributed by atoms with Gasteiger partial charge in [0.05, 0.1) is 5.56 Å². The molecule has 110 valence electrons. The number of nitrogens with one attached hydrogen (secondary N) is 1. The SMILES string of the molecule is Cc1cccc(C(=O)NCCC2CCC(C)CC2)c1I. The number of aryl methyl sites for hydroxylation is 1. The van der Waals surface area contributed by atoms with Crippen molar-refractivity contribution in [3.05, 3.63) is 32.9 Å².